The van der Waals surface area contributed by atoms with E-state index in [2.05, 4.69) is 0 Å². The van der Waals surface area contributed by atoms with Crippen LogP contribution in [0.3, 0.4) is 0 Å². The van der Waals surface area contributed by atoms with Crippen molar-refractivity contribution in [3.63, 3.8) is 0 Å². The molecule has 1 aromatic carbocycles. The molecule has 6 heteroatoms. The molecule has 20 heavy (non-hydrogen) atoms. The normalized spacial score (nSPS) is 21.1. The number of benzene rings is 1. The van der Waals surface area contributed by atoms with E-state index in [0.29, 0.717) is 18.4 Å². The van der Waals surface area contributed by atoms with Crippen molar-refractivity contribution in [1.29, 1.82) is 0 Å². The summed E-state index contributed by atoms with van der Waals surface area (Å²) in [5.74, 6) is -1.27. The fraction of sp³-hybridized carbons (Fsp3) is 0.571. The molecule has 1 saturated heterocycles. The van der Waals surface area contributed by atoms with Crippen LogP contribution in [0.25, 0.3) is 0 Å². The first kappa shape index (κ1) is 15.3. The average molecular weight is 291 g/mol. The monoisotopic (exact) mass is 291 g/mol. The Kier molecular flexibility index (Phi) is 4.65. The first-order valence-electron chi connectivity index (χ1n) is 6.62. The minimum absolute atomic E-state index is 0.142. The van der Waals surface area contributed by atoms with Crippen LogP contribution in [0.4, 0.5) is 17.6 Å². The average Bonchev–Trinajstić information content (AvgIpc) is 2.88. The van der Waals surface area contributed by atoms with Crippen molar-refractivity contribution in [2.45, 2.75) is 44.0 Å². The summed E-state index contributed by atoms with van der Waals surface area (Å²) >= 11 is 0. The van der Waals surface area contributed by atoms with Crippen molar-refractivity contribution < 1.29 is 22.3 Å². The van der Waals surface area contributed by atoms with Crippen molar-refractivity contribution in [3.8, 4) is 0 Å². The molecule has 0 amide bonds. The quantitative estimate of drug-likeness (QED) is 0.856. The number of hydrogen-bond donors (Lipinski definition) is 1. The molecular formula is C14H17F4NO. The zero-order valence-electron chi connectivity index (χ0n) is 10.9. The van der Waals surface area contributed by atoms with Gasteiger partial charge in [-0.2, -0.15) is 13.2 Å². The Balaban J connectivity index is 2.03. The Morgan fingerprint density at radius 3 is 2.70 bits per heavy atom. The maximum absolute atomic E-state index is 13.2. The lowest BCUT2D eigenvalue weighted by molar-refractivity contribution is -0.140. The number of rotatable bonds is 4. The van der Waals surface area contributed by atoms with Gasteiger partial charge >= 0.3 is 6.18 Å². The van der Waals surface area contributed by atoms with Gasteiger partial charge in [-0.3, -0.25) is 0 Å². The van der Waals surface area contributed by atoms with E-state index in [-0.39, 0.29) is 6.10 Å². The van der Waals surface area contributed by atoms with Gasteiger partial charge in [0.05, 0.1) is 11.7 Å². The van der Waals surface area contributed by atoms with E-state index >= 15 is 0 Å². The van der Waals surface area contributed by atoms with Gasteiger partial charge in [-0.1, -0.05) is 6.07 Å². The predicted molar refractivity (Wildman–Crippen MR) is 66.5 cm³/mol. The van der Waals surface area contributed by atoms with Gasteiger partial charge in [0.2, 0.25) is 0 Å². The highest BCUT2D eigenvalue weighted by molar-refractivity contribution is 5.29. The van der Waals surface area contributed by atoms with E-state index in [1.54, 1.807) is 0 Å². The number of alkyl halides is 3. The largest absolute Gasteiger partial charge is 0.419 e. The molecular weight excluding hydrogens is 274 g/mol. The molecule has 0 aliphatic carbocycles. The molecule has 0 bridgehead atoms. The van der Waals surface area contributed by atoms with Crippen LogP contribution in [0.2, 0.25) is 0 Å². The summed E-state index contributed by atoms with van der Waals surface area (Å²) in [7, 11) is 0. The molecule has 0 spiro atoms. The molecule has 112 valence electrons. The molecule has 0 aromatic heterocycles. The first-order chi connectivity index (χ1) is 9.38. The maximum atomic E-state index is 13.2. The second-order valence-corrected chi connectivity index (χ2v) is 5.06. The van der Waals surface area contributed by atoms with Crippen LogP contribution in [-0.2, 0) is 10.9 Å². The van der Waals surface area contributed by atoms with Gasteiger partial charge in [0.1, 0.15) is 5.82 Å². The molecule has 1 heterocycles. The second-order valence-electron chi connectivity index (χ2n) is 5.06. The SMILES string of the molecule is NC(CCC1CCCO1)c1ccc(F)c(C(F)(F)F)c1. The summed E-state index contributed by atoms with van der Waals surface area (Å²) < 4.78 is 56.5. The highest BCUT2D eigenvalue weighted by atomic mass is 19.4. The first-order valence-corrected chi connectivity index (χ1v) is 6.62. The third-order valence-corrected chi connectivity index (χ3v) is 3.55. The Morgan fingerprint density at radius 2 is 2.10 bits per heavy atom. The standard InChI is InChI=1S/C14H17F4NO/c15-12-5-3-9(8-11(12)14(16,17)18)13(19)6-4-10-2-1-7-20-10/h3,5,8,10,13H,1-2,4,6-7,19H2. The van der Waals surface area contributed by atoms with E-state index in [4.69, 9.17) is 10.5 Å². The number of hydrogen-bond acceptors (Lipinski definition) is 2. The number of nitrogens with two attached hydrogens (primary N) is 1. The van der Waals surface area contributed by atoms with Gasteiger partial charge in [-0.05, 0) is 43.4 Å². The molecule has 1 aliphatic heterocycles. The van der Waals surface area contributed by atoms with Crippen LogP contribution in [0.15, 0.2) is 18.2 Å². The van der Waals surface area contributed by atoms with Gasteiger partial charge < -0.3 is 10.5 Å². The van der Waals surface area contributed by atoms with Crippen molar-refractivity contribution >= 4 is 0 Å². The van der Waals surface area contributed by atoms with Crippen molar-refractivity contribution in [2.75, 3.05) is 6.61 Å². The molecule has 1 fully saturated rings. The molecule has 2 unspecified atom stereocenters. The van der Waals surface area contributed by atoms with Crippen LogP contribution in [-0.4, -0.2) is 12.7 Å². The Hall–Kier alpha value is -1.14. The molecule has 0 radical (unpaired) electrons. The lowest BCUT2D eigenvalue weighted by atomic mass is 9.98. The lowest BCUT2D eigenvalue weighted by Gasteiger charge is -2.17. The minimum Gasteiger partial charge on any atom is -0.378 e. The van der Waals surface area contributed by atoms with Crippen LogP contribution in [0.1, 0.15) is 42.9 Å². The van der Waals surface area contributed by atoms with Crippen molar-refractivity contribution in [2.24, 2.45) is 5.73 Å². The zero-order valence-corrected chi connectivity index (χ0v) is 10.9. The smallest absolute Gasteiger partial charge is 0.378 e. The van der Waals surface area contributed by atoms with Gasteiger partial charge in [-0.25, -0.2) is 4.39 Å². The molecule has 2 nitrogen and oxygen atoms in total. The third kappa shape index (κ3) is 3.70. The molecule has 0 saturated carbocycles. The fourth-order valence-electron chi connectivity index (χ4n) is 2.39. The van der Waals surface area contributed by atoms with E-state index in [9.17, 15) is 17.6 Å². The number of ether oxygens (including phenoxy) is 1. The summed E-state index contributed by atoms with van der Waals surface area (Å²) in [4.78, 5) is 0. The predicted octanol–water partition coefficient (Wildman–Crippen LogP) is 3.80. The Labute approximate surface area is 114 Å². The summed E-state index contributed by atoms with van der Waals surface area (Å²) in [5, 5.41) is 0. The molecule has 2 atom stereocenters. The molecule has 2 rings (SSSR count). The molecule has 1 aliphatic rings. The lowest BCUT2D eigenvalue weighted by Crippen LogP contribution is -2.16. The fourth-order valence-corrected chi connectivity index (χ4v) is 2.39. The second kappa shape index (κ2) is 6.10. The Bertz CT molecular complexity index is 455. The van der Waals surface area contributed by atoms with Crippen LogP contribution < -0.4 is 5.73 Å². The van der Waals surface area contributed by atoms with E-state index < -0.39 is 23.6 Å². The van der Waals surface area contributed by atoms with Gasteiger partial charge in [-0.15, -0.1) is 0 Å². The highest BCUT2D eigenvalue weighted by Crippen LogP contribution is 2.33. The highest BCUT2D eigenvalue weighted by Gasteiger charge is 2.34. The maximum Gasteiger partial charge on any atom is 0.419 e. The Morgan fingerprint density at radius 1 is 1.35 bits per heavy atom. The van der Waals surface area contributed by atoms with E-state index in [1.807, 2.05) is 0 Å². The summed E-state index contributed by atoms with van der Waals surface area (Å²) in [6.07, 6.45) is -1.36. The van der Waals surface area contributed by atoms with Crippen LogP contribution in [0, 0.1) is 5.82 Å². The van der Waals surface area contributed by atoms with Crippen LogP contribution >= 0.6 is 0 Å². The van der Waals surface area contributed by atoms with Gasteiger partial charge in [0.25, 0.3) is 0 Å². The summed E-state index contributed by atoms with van der Waals surface area (Å²) in [6, 6.07) is 2.39. The van der Waals surface area contributed by atoms with Gasteiger partial charge in [0, 0.05) is 12.6 Å². The zero-order chi connectivity index (χ0) is 14.8. The number of halogens is 4. The van der Waals surface area contributed by atoms with Crippen molar-refractivity contribution in [3.05, 3.63) is 35.1 Å². The van der Waals surface area contributed by atoms with Gasteiger partial charge in [0.15, 0.2) is 0 Å². The summed E-state index contributed by atoms with van der Waals surface area (Å²) in [5.41, 5.74) is 4.93. The topological polar surface area (TPSA) is 35.2 Å². The molecule has 2 N–H and O–H groups in total. The minimum atomic E-state index is -4.70. The van der Waals surface area contributed by atoms with E-state index in [1.165, 1.54) is 6.07 Å². The third-order valence-electron chi connectivity index (χ3n) is 3.55. The van der Waals surface area contributed by atoms with Crippen LogP contribution in [0.5, 0.6) is 0 Å². The summed E-state index contributed by atoms with van der Waals surface area (Å²) in [6.45, 7) is 0.731. The van der Waals surface area contributed by atoms with Crippen molar-refractivity contribution in [1.82, 2.24) is 0 Å². The molecule has 1 aromatic rings. The van der Waals surface area contributed by atoms with E-state index in [0.717, 1.165) is 31.6 Å².